The van der Waals surface area contributed by atoms with Crippen molar-refractivity contribution in [3.8, 4) is 0 Å². The Hall–Kier alpha value is -2.07. The van der Waals surface area contributed by atoms with Crippen LogP contribution in [0.1, 0.15) is 0 Å². The Morgan fingerprint density at radius 3 is 0.674 bits per heavy atom. The highest BCUT2D eigenvalue weighted by atomic mass is 19.4. The first kappa shape index (κ1) is 43.9. The summed E-state index contributed by atoms with van der Waals surface area (Å²) in [4.78, 5) is 0. The molecule has 0 rings (SSSR count). The summed E-state index contributed by atoms with van der Waals surface area (Å²) >= 11 is 0. The molecule has 3 atom stereocenters. The number of hydrogen-bond acceptors (Lipinski definition) is 1. The molecule has 30 heteroatoms. The molecule has 0 aliphatic carbocycles. The maximum Gasteiger partial charge on any atom is 0.423 e. The van der Waals surface area contributed by atoms with E-state index in [1.54, 1.807) is 0 Å². The molecule has 278 valence electrons. The molecule has 0 aliphatic heterocycles. The van der Waals surface area contributed by atoms with E-state index in [1.165, 1.54) is 0 Å². The number of aliphatic hydroxyl groups is 1. The zero-order valence-corrected chi connectivity index (χ0v) is 19.7. The summed E-state index contributed by atoms with van der Waals surface area (Å²) in [6.07, 6.45) is -29.9. The van der Waals surface area contributed by atoms with Gasteiger partial charge in [0.25, 0.3) is 6.43 Å². The van der Waals surface area contributed by atoms with Crippen LogP contribution in [0.3, 0.4) is 0 Å². The van der Waals surface area contributed by atoms with Gasteiger partial charge in [0.2, 0.25) is 6.17 Å². The molecule has 0 amide bonds. The van der Waals surface area contributed by atoms with Gasteiger partial charge in [-0.05, 0) is 0 Å². The molecule has 0 heterocycles. The third kappa shape index (κ3) is 5.32. The lowest BCUT2D eigenvalue weighted by Crippen LogP contribution is -2.78. The van der Waals surface area contributed by atoms with Gasteiger partial charge < -0.3 is 5.11 Å². The molecule has 0 saturated heterocycles. The highest BCUT2D eigenvalue weighted by Crippen LogP contribution is 2.67. The molecule has 0 aromatic heterocycles. The Bertz CT molecular complexity index is 1070. The van der Waals surface area contributed by atoms with Gasteiger partial charge in [-0.2, -0.15) is 105 Å². The lowest BCUT2D eigenvalue weighted by Gasteiger charge is -2.46. The molecule has 0 aromatic rings. The molecule has 1 nitrogen and oxygen atoms in total. The molecule has 0 aromatic carbocycles. The number of alkyl halides is 29. The van der Waals surface area contributed by atoms with Gasteiger partial charge in [0.05, 0.1) is 0 Å². The maximum atomic E-state index is 13.7. The van der Waals surface area contributed by atoms with Gasteiger partial charge in [0.1, 0.15) is 0 Å². The Kier molecular flexibility index (Phi) is 10.7. The van der Waals surface area contributed by atoms with E-state index in [1.807, 2.05) is 0 Å². The average Bonchev–Trinajstić information content (AvgIpc) is 2.85. The first-order chi connectivity index (χ1) is 19.4. The zero-order chi connectivity index (χ0) is 38.3. The van der Waals surface area contributed by atoms with Crippen LogP contribution in [0.2, 0.25) is 0 Å². The number of halogens is 29. The summed E-state index contributed by atoms with van der Waals surface area (Å²) in [5.74, 6) is -103. The summed E-state index contributed by atoms with van der Waals surface area (Å²) in [6, 6.07) is 0. The van der Waals surface area contributed by atoms with Crippen molar-refractivity contribution >= 4 is 0 Å². The van der Waals surface area contributed by atoms with Crippen LogP contribution >= 0.6 is 0 Å². The summed E-state index contributed by atoms with van der Waals surface area (Å²) in [7, 11) is 0. The van der Waals surface area contributed by atoms with Crippen LogP contribution in [-0.4, -0.2) is 101 Å². The van der Waals surface area contributed by atoms with Gasteiger partial charge >= 0.3 is 71.3 Å². The summed E-state index contributed by atoms with van der Waals surface area (Å²) in [5, 5.41) is 7.45. The fourth-order valence-electron chi connectivity index (χ4n) is 2.65. The molecule has 0 fully saturated rings. The highest BCUT2D eigenvalue weighted by molar-refractivity contribution is 5.20. The quantitative estimate of drug-likeness (QED) is 0.166. The third-order valence-electron chi connectivity index (χ3n) is 5.52. The second-order valence-electron chi connectivity index (χ2n) is 8.53. The van der Waals surface area contributed by atoms with Gasteiger partial charge in [0.15, 0.2) is 12.3 Å². The van der Waals surface area contributed by atoms with Crippen LogP contribution in [0.4, 0.5) is 127 Å². The predicted molar refractivity (Wildman–Crippen MR) is 82.3 cm³/mol. The van der Waals surface area contributed by atoms with Crippen LogP contribution < -0.4 is 0 Å². The Morgan fingerprint density at radius 1 is 0.283 bits per heavy atom. The van der Waals surface area contributed by atoms with Gasteiger partial charge in [-0.25, -0.2) is 22.0 Å². The molecular formula is C16H5F29O. The van der Waals surface area contributed by atoms with E-state index in [-0.39, 0.29) is 0 Å². The topological polar surface area (TPSA) is 20.2 Å². The first-order valence-corrected chi connectivity index (χ1v) is 9.89. The first-order valence-electron chi connectivity index (χ1n) is 9.89. The summed E-state index contributed by atoms with van der Waals surface area (Å²) in [5.41, 5.74) is 0. The van der Waals surface area contributed by atoms with E-state index < -0.39 is 96.2 Å². The van der Waals surface area contributed by atoms with Crippen molar-refractivity contribution in [2.24, 2.45) is 0 Å². The van der Waals surface area contributed by atoms with Gasteiger partial charge in [-0.15, -0.1) is 0 Å². The molecule has 0 radical (unpaired) electrons. The van der Waals surface area contributed by atoms with Crippen molar-refractivity contribution in [1.82, 2.24) is 0 Å². The molecule has 0 bridgehead atoms. The molecule has 46 heavy (non-hydrogen) atoms. The summed E-state index contributed by atoms with van der Waals surface area (Å²) < 4.78 is 384. The average molecular weight is 764 g/mol. The second-order valence-corrected chi connectivity index (χ2v) is 8.53. The predicted octanol–water partition coefficient (Wildman–Crippen LogP) is 8.84. The minimum atomic E-state index is -9.85. The van der Waals surface area contributed by atoms with E-state index in [4.69, 9.17) is 5.11 Å². The monoisotopic (exact) mass is 764 g/mol. The lowest BCUT2D eigenvalue weighted by atomic mass is 9.83. The third-order valence-corrected chi connectivity index (χ3v) is 5.52. The Labute approximate surface area is 230 Å². The van der Waals surface area contributed by atoms with Crippen LogP contribution in [-0.2, 0) is 0 Å². The number of hydrogen-bond donors (Lipinski definition) is 1. The van der Waals surface area contributed by atoms with Crippen molar-refractivity contribution in [2.45, 2.75) is 96.2 Å². The summed E-state index contributed by atoms with van der Waals surface area (Å²) in [6.45, 7) is 0. The normalized spacial score (nSPS) is 18.6. The fourth-order valence-corrected chi connectivity index (χ4v) is 2.65. The molecule has 3 unspecified atom stereocenters. The Morgan fingerprint density at radius 2 is 0.478 bits per heavy atom. The van der Waals surface area contributed by atoms with Gasteiger partial charge in [-0.1, -0.05) is 0 Å². The SMILES string of the molecule is OC(F)(F)C(F)(F)C(F)(F)C(F)(F)C(F)(F)C(F)(F)C(F)(F)C(F)(F)C(F)(F)C(F)(F)C(F)(F)C(F)(F)C(F)C(F)C(F)C(F)F. The maximum absolute atomic E-state index is 13.7. The van der Waals surface area contributed by atoms with Crippen LogP contribution in [0.15, 0.2) is 0 Å². The standard InChI is InChI=1S/C16H5F29O/c17-1(2(18)4(20)21)3(19)5(22,23)6(24,25)7(26,27)8(28,29)9(30,31)10(32,33)11(34,35)12(36,37)13(38,39)14(40,41)15(42,43)16(44,45)46/h1-4,46H. The van der Waals surface area contributed by atoms with Gasteiger partial charge in [-0.3, -0.25) is 0 Å². The van der Waals surface area contributed by atoms with Crippen molar-refractivity contribution in [3.63, 3.8) is 0 Å². The van der Waals surface area contributed by atoms with Crippen molar-refractivity contribution in [3.05, 3.63) is 0 Å². The van der Waals surface area contributed by atoms with Crippen molar-refractivity contribution in [2.75, 3.05) is 0 Å². The van der Waals surface area contributed by atoms with Gasteiger partial charge in [0, 0.05) is 0 Å². The second kappa shape index (κ2) is 11.2. The van der Waals surface area contributed by atoms with Crippen LogP contribution in [0.5, 0.6) is 0 Å². The highest BCUT2D eigenvalue weighted by Gasteiger charge is 2.99. The van der Waals surface area contributed by atoms with E-state index in [2.05, 4.69) is 0 Å². The molecule has 0 saturated carbocycles. The van der Waals surface area contributed by atoms with E-state index in [9.17, 15) is 127 Å². The van der Waals surface area contributed by atoms with E-state index >= 15 is 0 Å². The van der Waals surface area contributed by atoms with Crippen LogP contribution in [0.25, 0.3) is 0 Å². The smallest absolute Gasteiger partial charge is 0.331 e. The minimum Gasteiger partial charge on any atom is -0.331 e. The fraction of sp³-hybridized carbons (Fsp3) is 1.00. The molecule has 0 aliphatic rings. The van der Waals surface area contributed by atoms with Crippen molar-refractivity contribution < 1.29 is 132 Å². The number of rotatable bonds is 15. The molecular weight excluding hydrogens is 759 g/mol. The van der Waals surface area contributed by atoms with Crippen LogP contribution in [0, 0.1) is 0 Å². The zero-order valence-electron chi connectivity index (χ0n) is 19.7. The van der Waals surface area contributed by atoms with E-state index in [0.29, 0.717) is 0 Å². The molecule has 1 N–H and O–H groups in total. The van der Waals surface area contributed by atoms with Crippen molar-refractivity contribution in [1.29, 1.82) is 0 Å². The lowest BCUT2D eigenvalue weighted by molar-refractivity contribution is -0.486. The van der Waals surface area contributed by atoms with E-state index in [0.717, 1.165) is 0 Å². The molecule has 0 spiro atoms. The Balaban J connectivity index is 7.37. The largest absolute Gasteiger partial charge is 0.423 e. The minimum absolute atomic E-state index is 5.08.